The fourth-order valence-corrected chi connectivity index (χ4v) is 4.61. The lowest BCUT2D eigenvalue weighted by Crippen LogP contribution is -2.36. The van der Waals surface area contributed by atoms with E-state index in [1.54, 1.807) is 10.9 Å². The Hall–Kier alpha value is -3.00. The summed E-state index contributed by atoms with van der Waals surface area (Å²) in [5.74, 6) is 0.00563. The van der Waals surface area contributed by atoms with Gasteiger partial charge >= 0.3 is 0 Å². The quantitative estimate of drug-likeness (QED) is 0.618. The summed E-state index contributed by atoms with van der Waals surface area (Å²) in [7, 11) is 1.85. The average molecular weight is 424 g/mol. The Balaban J connectivity index is 1.25. The lowest BCUT2D eigenvalue weighted by atomic mass is 9.99. The number of nitrogens with one attached hydrogen (secondary N) is 1. The molecule has 0 bridgehead atoms. The second kappa shape index (κ2) is 8.79. The van der Waals surface area contributed by atoms with Crippen LogP contribution < -0.4 is 5.32 Å². The highest BCUT2D eigenvalue weighted by molar-refractivity contribution is 7.17. The van der Waals surface area contributed by atoms with Gasteiger partial charge in [-0.3, -0.25) is 14.3 Å². The molecule has 3 aromatic rings. The Bertz CT molecular complexity index is 1070. The first-order valence-corrected chi connectivity index (χ1v) is 10.9. The molecule has 2 aromatic heterocycles. The third kappa shape index (κ3) is 4.43. The van der Waals surface area contributed by atoms with Crippen LogP contribution in [0.1, 0.15) is 39.3 Å². The number of thiazole rings is 1. The molecular formula is C22H25N5O2S. The summed E-state index contributed by atoms with van der Waals surface area (Å²) in [4.78, 5) is 32.1. The largest absolute Gasteiger partial charge is 0.351 e. The predicted molar refractivity (Wildman–Crippen MR) is 116 cm³/mol. The van der Waals surface area contributed by atoms with Crippen molar-refractivity contribution in [1.29, 1.82) is 0 Å². The number of aromatic nitrogens is 3. The molecule has 2 amide bonds. The van der Waals surface area contributed by atoms with E-state index in [0.717, 1.165) is 23.5 Å². The van der Waals surface area contributed by atoms with Crippen molar-refractivity contribution in [3.63, 3.8) is 0 Å². The van der Waals surface area contributed by atoms with Crippen LogP contribution in [0.5, 0.6) is 0 Å². The number of aryl methyl sites for hydroxylation is 2. The Morgan fingerprint density at radius 3 is 2.80 bits per heavy atom. The van der Waals surface area contributed by atoms with E-state index in [-0.39, 0.29) is 11.8 Å². The molecule has 1 N–H and O–H groups in total. The van der Waals surface area contributed by atoms with Crippen LogP contribution in [0, 0.1) is 6.92 Å². The number of hydrogen-bond acceptors (Lipinski definition) is 5. The Kier molecular flexibility index (Phi) is 5.94. The molecule has 1 aliphatic heterocycles. The number of fused-ring (bicyclic) bond motifs is 1. The minimum absolute atomic E-state index is 0.139. The first-order valence-electron chi connectivity index (χ1n) is 10.1. The number of rotatable bonds is 6. The third-order valence-electron chi connectivity index (χ3n) is 5.29. The summed E-state index contributed by atoms with van der Waals surface area (Å²) in [5, 5.41) is 7.86. The van der Waals surface area contributed by atoms with E-state index < -0.39 is 0 Å². The van der Waals surface area contributed by atoms with Crippen LogP contribution in [-0.4, -0.2) is 44.6 Å². The molecule has 0 radical (unpaired) electrons. The Labute approximate surface area is 179 Å². The lowest BCUT2D eigenvalue weighted by molar-refractivity contribution is -0.132. The van der Waals surface area contributed by atoms with Crippen molar-refractivity contribution in [2.45, 2.75) is 32.7 Å². The van der Waals surface area contributed by atoms with Crippen molar-refractivity contribution in [3.05, 3.63) is 58.4 Å². The zero-order chi connectivity index (χ0) is 21.1. The number of amides is 2. The Morgan fingerprint density at radius 2 is 2.03 bits per heavy atom. The lowest BCUT2D eigenvalue weighted by Gasteiger charge is -2.29. The fraction of sp³-hybridized carbons (Fsp3) is 0.364. The van der Waals surface area contributed by atoms with E-state index in [2.05, 4.69) is 27.5 Å². The van der Waals surface area contributed by atoms with Crippen LogP contribution in [0.3, 0.4) is 0 Å². The smallest absolute Gasteiger partial charge is 0.263 e. The fourth-order valence-electron chi connectivity index (χ4n) is 3.65. The van der Waals surface area contributed by atoms with E-state index >= 15 is 0 Å². The summed E-state index contributed by atoms with van der Waals surface area (Å²) in [6.45, 7) is 3.75. The van der Waals surface area contributed by atoms with Crippen LogP contribution >= 0.6 is 11.3 Å². The van der Waals surface area contributed by atoms with E-state index in [0.29, 0.717) is 36.5 Å². The van der Waals surface area contributed by atoms with Crippen LogP contribution in [-0.2, 0) is 24.8 Å². The van der Waals surface area contributed by atoms with Gasteiger partial charge in [-0.15, -0.1) is 11.3 Å². The van der Waals surface area contributed by atoms with Crippen molar-refractivity contribution >= 4 is 23.2 Å². The number of nitrogens with zero attached hydrogens (tertiary/aromatic N) is 4. The van der Waals surface area contributed by atoms with Crippen molar-refractivity contribution in [1.82, 2.24) is 25.0 Å². The summed E-state index contributed by atoms with van der Waals surface area (Å²) in [5.41, 5.74) is 4.17. The summed E-state index contributed by atoms with van der Waals surface area (Å²) >= 11 is 1.36. The highest BCUT2D eigenvalue weighted by Gasteiger charge is 2.20. The summed E-state index contributed by atoms with van der Waals surface area (Å²) in [6, 6.07) is 8.28. The number of hydrogen-bond donors (Lipinski definition) is 1. The molecule has 4 rings (SSSR count). The molecule has 1 aliphatic rings. The summed E-state index contributed by atoms with van der Waals surface area (Å²) < 4.78 is 1.71. The molecule has 0 fully saturated rings. The van der Waals surface area contributed by atoms with Crippen molar-refractivity contribution < 1.29 is 9.59 Å². The highest BCUT2D eigenvalue weighted by Crippen LogP contribution is 2.27. The van der Waals surface area contributed by atoms with E-state index in [9.17, 15) is 9.59 Å². The van der Waals surface area contributed by atoms with E-state index in [4.69, 9.17) is 0 Å². The van der Waals surface area contributed by atoms with Gasteiger partial charge in [0.2, 0.25) is 5.91 Å². The van der Waals surface area contributed by atoms with Crippen molar-refractivity contribution in [3.8, 4) is 10.6 Å². The van der Waals surface area contributed by atoms with Gasteiger partial charge < -0.3 is 10.2 Å². The zero-order valence-corrected chi connectivity index (χ0v) is 18.0. The minimum atomic E-state index is -0.139. The average Bonchev–Trinajstić information content (AvgIpc) is 3.36. The molecule has 7 nitrogen and oxygen atoms in total. The van der Waals surface area contributed by atoms with Gasteiger partial charge in [-0.1, -0.05) is 24.3 Å². The molecule has 0 aliphatic carbocycles. The van der Waals surface area contributed by atoms with E-state index in [1.165, 1.54) is 22.5 Å². The van der Waals surface area contributed by atoms with Crippen LogP contribution in [0.4, 0.5) is 0 Å². The van der Waals surface area contributed by atoms with Crippen molar-refractivity contribution in [2.24, 2.45) is 7.05 Å². The maximum Gasteiger partial charge on any atom is 0.263 e. The normalized spacial score (nSPS) is 13.2. The number of benzene rings is 1. The first kappa shape index (κ1) is 20.3. The van der Waals surface area contributed by atoms with Crippen LogP contribution in [0.25, 0.3) is 10.6 Å². The molecule has 0 atom stereocenters. The minimum Gasteiger partial charge on any atom is -0.351 e. The van der Waals surface area contributed by atoms with Crippen LogP contribution in [0.15, 0.2) is 36.7 Å². The molecule has 3 heterocycles. The van der Waals surface area contributed by atoms with Gasteiger partial charge in [0, 0.05) is 44.9 Å². The molecule has 156 valence electrons. The zero-order valence-electron chi connectivity index (χ0n) is 17.2. The molecule has 8 heteroatoms. The monoisotopic (exact) mass is 423 g/mol. The molecular weight excluding hydrogens is 398 g/mol. The SMILES string of the molecule is Cc1nc(-c2cnn(C)c2)sc1C(=O)NCCCC(=O)N1CCc2ccccc2C1. The van der Waals surface area contributed by atoms with Gasteiger partial charge in [0.05, 0.1) is 11.9 Å². The van der Waals surface area contributed by atoms with Gasteiger partial charge in [0.25, 0.3) is 5.91 Å². The maximum atomic E-state index is 12.5. The molecule has 0 unspecified atom stereocenters. The molecule has 0 saturated carbocycles. The molecule has 0 saturated heterocycles. The second-order valence-corrected chi connectivity index (χ2v) is 8.53. The van der Waals surface area contributed by atoms with Gasteiger partial charge in [-0.25, -0.2) is 4.98 Å². The maximum absolute atomic E-state index is 12.5. The van der Waals surface area contributed by atoms with Gasteiger partial charge in [0.15, 0.2) is 0 Å². The third-order valence-corrected chi connectivity index (χ3v) is 6.50. The standard InChI is InChI=1S/C22H25N5O2S/c1-15-20(30-22(25-15)18-12-24-26(2)13-18)21(29)23-10-5-8-19(28)27-11-9-16-6-3-4-7-17(16)14-27/h3-4,6-7,12-13H,5,8-11,14H2,1-2H3,(H,23,29). The van der Waals surface area contributed by atoms with Crippen molar-refractivity contribution in [2.75, 3.05) is 13.1 Å². The second-order valence-electron chi connectivity index (χ2n) is 7.53. The van der Waals surface area contributed by atoms with Gasteiger partial charge in [-0.05, 0) is 30.9 Å². The molecule has 0 spiro atoms. The molecule has 1 aromatic carbocycles. The number of carbonyl (C=O) groups is 2. The number of carbonyl (C=O) groups excluding carboxylic acids is 2. The predicted octanol–water partition coefficient (Wildman–Crippen LogP) is 2.95. The van der Waals surface area contributed by atoms with Gasteiger partial charge in [-0.2, -0.15) is 5.10 Å². The summed E-state index contributed by atoms with van der Waals surface area (Å²) in [6.07, 6.45) is 5.58. The van der Waals surface area contributed by atoms with Gasteiger partial charge in [0.1, 0.15) is 9.88 Å². The van der Waals surface area contributed by atoms with Crippen LogP contribution in [0.2, 0.25) is 0 Å². The highest BCUT2D eigenvalue weighted by atomic mass is 32.1. The first-order chi connectivity index (χ1) is 14.5. The molecule has 30 heavy (non-hydrogen) atoms. The topological polar surface area (TPSA) is 80.1 Å². The van der Waals surface area contributed by atoms with E-state index in [1.807, 2.05) is 37.2 Å². The Morgan fingerprint density at radius 1 is 1.23 bits per heavy atom.